The smallest absolute Gasteiger partial charge is 0.229 e. The van der Waals surface area contributed by atoms with Crippen molar-refractivity contribution in [3.63, 3.8) is 0 Å². The molecule has 3 N–H and O–H groups in total. The second kappa shape index (κ2) is 13.9. The van der Waals surface area contributed by atoms with Crippen molar-refractivity contribution in [2.45, 2.75) is 6.42 Å². The fourth-order valence-corrected chi connectivity index (χ4v) is 5.45. The number of H-pyrrole nitrogens is 1. The van der Waals surface area contributed by atoms with Gasteiger partial charge in [-0.25, -0.2) is 9.37 Å². The molecule has 46 heavy (non-hydrogen) atoms. The summed E-state index contributed by atoms with van der Waals surface area (Å²) in [5.74, 6) is 0.584. The number of nitrogens with one attached hydrogen (secondary N) is 3. The van der Waals surface area contributed by atoms with Gasteiger partial charge in [-0.1, -0.05) is 36.4 Å². The molecule has 3 aromatic carbocycles. The van der Waals surface area contributed by atoms with E-state index in [1.165, 1.54) is 12.1 Å². The number of ketones is 1. The number of piperazine rings is 1. The Morgan fingerprint density at radius 2 is 1.72 bits per heavy atom. The first kappa shape index (κ1) is 30.9. The molecule has 5 aromatic rings. The molecule has 0 unspecified atom stereocenters. The van der Waals surface area contributed by atoms with Gasteiger partial charge in [0.2, 0.25) is 5.95 Å². The van der Waals surface area contributed by atoms with Gasteiger partial charge in [-0.3, -0.25) is 9.89 Å². The summed E-state index contributed by atoms with van der Waals surface area (Å²) in [6.45, 7) is 4.66. The van der Waals surface area contributed by atoms with Crippen molar-refractivity contribution in [3.05, 3.63) is 96.3 Å². The number of anilines is 5. The second-order valence-corrected chi connectivity index (χ2v) is 11.8. The number of carbonyl (C=O) groups is 1. The first-order valence-corrected chi connectivity index (χ1v) is 15.3. The number of hydrogen-bond donors (Lipinski definition) is 3. The molecule has 3 heterocycles. The largest absolute Gasteiger partial charge is 0.369 e. The number of allylic oxidation sites excluding steroid dienone is 1. The molecule has 6 rings (SSSR count). The normalized spacial score (nSPS) is 14.0. The number of fused-ring (bicyclic) bond motifs is 1. The van der Waals surface area contributed by atoms with E-state index in [0.717, 1.165) is 48.7 Å². The van der Waals surface area contributed by atoms with Gasteiger partial charge in [0, 0.05) is 61.8 Å². The predicted octanol–water partition coefficient (Wildman–Crippen LogP) is 5.63. The summed E-state index contributed by atoms with van der Waals surface area (Å²) >= 11 is 0. The van der Waals surface area contributed by atoms with Gasteiger partial charge >= 0.3 is 0 Å². The van der Waals surface area contributed by atoms with Crippen molar-refractivity contribution < 1.29 is 9.18 Å². The lowest BCUT2D eigenvalue weighted by molar-refractivity contribution is -0.114. The van der Waals surface area contributed by atoms with Crippen molar-refractivity contribution in [1.82, 2.24) is 30.0 Å². The molecule has 11 heteroatoms. The highest BCUT2D eigenvalue weighted by atomic mass is 19.1. The lowest BCUT2D eigenvalue weighted by Crippen LogP contribution is -2.44. The van der Waals surface area contributed by atoms with Crippen molar-refractivity contribution >= 4 is 45.6 Å². The van der Waals surface area contributed by atoms with Crippen molar-refractivity contribution in [2.75, 3.05) is 69.4 Å². The van der Waals surface area contributed by atoms with Crippen molar-refractivity contribution in [2.24, 2.45) is 0 Å². The molecule has 1 saturated heterocycles. The van der Waals surface area contributed by atoms with Gasteiger partial charge in [0.05, 0.1) is 11.1 Å². The molecule has 10 nitrogen and oxygen atoms in total. The van der Waals surface area contributed by atoms with Gasteiger partial charge in [0.15, 0.2) is 11.4 Å². The lowest BCUT2D eigenvalue weighted by Gasteiger charge is -2.34. The molecule has 0 spiro atoms. The van der Waals surface area contributed by atoms with Crippen LogP contribution in [0.3, 0.4) is 0 Å². The van der Waals surface area contributed by atoms with E-state index in [9.17, 15) is 9.18 Å². The summed E-state index contributed by atoms with van der Waals surface area (Å²) in [5.41, 5.74) is 5.27. The van der Waals surface area contributed by atoms with Crippen LogP contribution < -0.4 is 15.5 Å². The number of rotatable bonds is 11. The van der Waals surface area contributed by atoms with Crippen LogP contribution in [-0.2, 0) is 11.2 Å². The minimum Gasteiger partial charge on any atom is -0.369 e. The summed E-state index contributed by atoms with van der Waals surface area (Å²) in [6.07, 6.45) is 3.76. The van der Waals surface area contributed by atoms with E-state index in [1.54, 1.807) is 18.2 Å². The van der Waals surface area contributed by atoms with Gasteiger partial charge < -0.3 is 25.3 Å². The highest BCUT2D eigenvalue weighted by Crippen LogP contribution is 2.34. The SMILES string of the molecule is CN(C)C/C=C/C(=O)Cc1cccc(-c2nc(Nc3cccc(N4CCN(C)CC4)c3)nc3n[nH]c(Nc4cccc(F)c4)c23)c1. The van der Waals surface area contributed by atoms with E-state index in [4.69, 9.17) is 9.97 Å². The number of aromatic amines is 1. The van der Waals surface area contributed by atoms with Crippen LogP contribution in [0, 0.1) is 5.82 Å². The van der Waals surface area contributed by atoms with Crippen molar-refractivity contribution in [3.8, 4) is 11.3 Å². The number of halogens is 1. The quantitative estimate of drug-likeness (QED) is 0.162. The van der Waals surface area contributed by atoms with E-state index in [0.29, 0.717) is 40.7 Å². The van der Waals surface area contributed by atoms with Crippen LogP contribution in [0.5, 0.6) is 0 Å². The molecule has 0 radical (unpaired) electrons. The third-order valence-corrected chi connectivity index (χ3v) is 7.83. The second-order valence-electron chi connectivity index (χ2n) is 11.8. The molecule has 0 amide bonds. The fraction of sp³-hybridized carbons (Fsp3) is 0.257. The van der Waals surface area contributed by atoms with Crippen LogP contribution in [0.25, 0.3) is 22.3 Å². The highest BCUT2D eigenvalue weighted by molar-refractivity contribution is 6.01. The van der Waals surface area contributed by atoms with Crippen LogP contribution in [0.15, 0.2) is 84.9 Å². The molecule has 236 valence electrons. The van der Waals surface area contributed by atoms with Crippen LogP contribution in [0.4, 0.5) is 33.2 Å². The molecule has 1 fully saturated rings. The fourth-order valence-electron chi connectivity index (χ4n) is 5.45. The zero-order chi connectivity index (χ0) is 32.0. The summed E-state index contributed by atoms with van der Waals surface area (Å²) < 4.78 is 14.0. The molecule has 0 aliphatic carbocycles. The van der Waals surface area contributed by atoms with Gasteiger partial charge in [0.1, 0.15) is 11.6 Å². The van der Waals surface area contributed by atoms with Crippen LogP contribution in [0.2, 0.25) is 0 Å². The first-order chi connectivity index (χ1) is 22.3. The molecule has 0 bridgehead atoms. The Balaban J connectivity index is 1.35. The molecule has 1 aliphatic heterocycles. The van der Waals surface area contributed by atoms with E-state index < -0.39 is 0 Å². The van der Waals surface area contributed by atoms with E-state index >= 15 is 0 Å². The zero-order valence-electron chi connectivity index (χ0n) is 26.3. The minimum absolute atomic E-state index is 0.0196. The van der Waals surface area contributed by atoms with Gasteiger partial charge in [0.25, 0.3) is 0 Å². The Morgan fingerprint density at radius 1 is 0.957 bits per heavy atom. The first-order valence-electron chi connectivity index (χ1n) is 15.3. The number of hydrogen-bond acceptors (Lipinski definition) is 9. The number of carbonyl (C=O) groups excluding carboxylic acids is 1. The highest BCUT2D eigenvalue weighted by Gasteiger charge is 2.19. The van der Waals surface area contributed by atoms with Gasteiger partial charge in [-0.2, -0.15) is 10.1 Å². The standard InChI is InChI=1S/C35H38FN9O/c1-43(2)15-7-14-30(46)21-24-8-4-9-25(20-24)32-31-33(37-27-11-5-10-26(36)22-27)41-42-34(31)40-35(39-32)38-28-12-6-13-29(23-28)45-18-16-44(3)17-19-45/h4-14,20,22-23H,15-19,21H2,1-3H3,(H3,37,38,39,40,41,42)/b14-7+. The third-order valence-electron chi connectivity index (χ3n) is 7.83. The minimum atomic E-state index is -0.354. The third kappa shape index (κ3) is 7.56. The maximum atomic E-state index is 14.0. The molecular weight excluding hydrogens is 581 g/mol. The van der Waals surface area contributed by atoms with Crippen LogP contribution >= 0.6 is 0 Å². The van der Waals surface area contributed by atoms with E-state index in [-0.39, 0.29) is 18.0 Å². The molecule has 0 atom stereocenters. The Hall–Kier alpha value is -5.13. The molecule has 2 aromatic heterocycles. The average molecular weight is 620 g/mol. The van der Waals surface area contributed by atoms with Gasteiger partial charge in [-0.05, 0) is 75.2 Å². The van der Waals surface area contributed by atoms with E-state index in [2.05, 4.69) is 49.8 Å². The summed E-state index contributed by atoms with van der Waals surface area (Å²) in [7, 11) is 6.06. The van der Waals surface area contributed by atoms with Gasteiger partial charge in [-0.15, -0.1) is 0 Å². The molecule has 1 aliphatic rings. The van der Waals surface area contributed by atoms with E-state index in [1.807, 2.05) is 61.5 Å². The summed E-state index contributed by atoms with van der Waals surface area (Å²) in [4.78, 5) is 29.1. The number of nitrogens with zero attached hydrogens (tertiary/aromatic N) is 6. The molecular formula is C35H38FN9O. The maximum absolute atomic E-state index is 14.0. The number of aromatic nitrogens is 4. The summed E-state index contributed by atoms with van der Waals surface area (Å²) in [5, 5.41) is 14.8. The van der Waals surface area contributed by atoms with Crippen molar-refractivity contribution in [1.29, 1.82) is 0 Å². The monoisotopic (exact) mass is 619 g/mol. The number of likely N-dealkylation sites (N-methyl/N-ethyl adjacent to an activating group) is 2. The Kier molecular flexibility index (Phi) is 9.32. The maximum Gasteiger partial charge on any atom is 0.229 e. The zero-order valence-corrected chi connectivity index (χ0v) is 26.3. The molecule has 0 saturated carbocycles. The number of benzene rings is 3. The van der Waals surface area contributed by atoms with Crippen LogP contribution in [0.1, 0.15) is 5.56 Å². The summed E-state index contributed by atoms with van der Waals surface area (Å²) in [6, 6.07) is 22.2. The predicted molar refractivity (Wildman–Crippen MR) is 183 cm³/mol. The Morgan fingerprint density at radius 3 is 2.50 bits per heavy atom. The average Bonchev–Trinajstić information content (AvgIpc) is 3.43. The Labute approximate surface area is 268 Å². The topological polar surface area (TPSA) is 105 Å². The van der Waals surface area contributed by atoms with Crippen LogP contribution in [-0.4, -0.2) is 89.6 Å². The lowest BCUT2D eigenvalue weighted by atomic mass is 10.0. The Bertz CT molecular complexity index is 1860.